The maximum absolute atomic E-state index is 10.1. The van der Waals surface area contributed by atoms with Gasteiger partial charge in [0.1, 0.15) is 0 Å². The Morgan fingerprint density at radius 2 is 1.45 bits per heavy atom. The molecule has 0 atom stereocenters. The van der Waals surface area contributed by atoms with Crippen molar-refractivity contribution in [3.63, 3.8) is 0 Å². The molecule has 0 fully saturated rings. The number of benzene rings is 1. The van der Waals surface area contributed by atoms with Crippen LogP contribution in [0, 0.1) is 0 Å². The van der Waals surface area contributed by atoms with Gasteiger partial charge in [-0.15, -0.1) is 12.4 Å². The number of aromatic hydroxyl groups is 1. The molecule has 0 amide bonds. The van der Waals surface area contributed by atoms with E-state index in [1.54, 1.807) is 0 Å². The van der Waals surface area contributed by atoms with Crippen LogP contribution in [0.4, 0.5) is 0 Å². The molecule has 0 bridgehead atoms. The first kappa shape index (κ1) is 18.9. The van der Waals surface area contributed by atoms with Crippen molar-refractivity contribution in [2.45, 2.75) is 33.2 Å². The molecule has 0 saturated carbocycles. The predicted octanol–water partition coefficient (Wildman–Crippen LogP) is 3.45. The Hall–Kier alpha value is -1.13. The standard InChI is InChI=1S/C15H25NO3.ClH/c1-5-7-18-13-9-12(11-16(3)4)10-14(15(13)17)19-8-6-2;/h9-10,17H,5-8,11H2,1-4H3;1H. The van der Waals surface area contributed by atoms with Gasteiger partial charge in [-0.1, -0.05) is 13.8 Å². The lowest BCUT2D eigenvalue weighted by Gasteiger charge is -2.16. The summed E-state index contributed by atoms with van der Waals surface area (Å²) < 4.78 is 11.2. The average molecular weight is 304 g/mol. The minimum atomic E-state index is 0. The van der Waals surface area contributed by atoms with Crippen molar-refractivity contribution in [3.8, 4) is 17.2 Å². The molecule has 0 aliphatic rings. The Morgan fingerprint density at radius 1 is 1.00 bits per heavy atom. The fourth-order valence-electron chi connectivity index (χ4n) is 1.74. The quantitative estimate of drug-likeness (QED) is 0.798. The highest BCUT2D eigenvalue weighted by atomic mass is 35.5. The Bertz CT molecular complexity index is 368. The minimum absolute atomic E-state index is 0. The number of phenols is 1. The van der Waals surface area contributed by atoms with Crippen molar-refractivity contribution in [1.82, 2.24) is 4.90 Å². The van der Waals surface area contributed by atoms with Gasteiger partial charge in [0.2, 0.25) is 5.75 Å². The summed E-state index contributed by atoms with van der Waals surface area (Å²) in [5.74, 6) is 1.11. The van der Waals surface area contributed by atoms with Crippen LogP contribution in [-0.4, -0.2) is 37.3 Å². The molecule has 1 aromatic rings. The Labute approximate surface area is 128 Å². The van der Waals surface area contributed by atoms with Crippen molar-refractivity contribution in [1.29, 1.82) is 0 Å². The highest BCUT2D eigenvalue weighted by Crippen LogP contribution is 2.38. The summed E-state index contributed by atoms with van der Waals surface area (Å²) in [6.07, 6.45) is 1.81. The molecule has 20 heavy (non-hydrogen) atoms. The van der Waals surface area contributed by atoms with E-state index in [4.69, 9.17) is 9.47 Å². The maximum atomic E-state index is 10.1. The van der Waals surface area contributed by atoms with Crippen molar-refractivity contribution in [2.75, 3.05) is 27.3 Å². The molecule has 0 radical (unpaired) electrons. The van der Waals surface area contributed by atoms with E-state index < -0.39 is 0 Å². The third kappa shape index (κ3) is 5.88. The molecule has 0 spiro atoms. The molecule has 4 nitrogen and oxygen atoms in total. The Balaban J connectivity index is 0.00000361. The minimum Gasteiger partial charge on any atom is -0.502 e. The van der Waals surface area contributed by atoms with E-state index in [-0.39, 0.29) is 18.2 Å². The van der Waals surface area contributed by atoms with Gasteiger partial charge in [-0.2, -0.15) is 0 Å². The van der Waals surface area contributed by atoms with Crippen LogP contribution in [0.25, 0.3) is 0 Å². The lowest BCUT2D eigenvalue weighted by Crippen LogP contribution is -2.11. The SMILES string of the molecule is CCCOc1cc(CN(C)C)cc(OCCC)c1O.Cl. The lowest BCUT2D eigenvalue weighted by molar-refractivity contribution is 0.271. The van der Waals surface area contributed by atoms with Gasteiger partial charge in [-0.05, 0) is 44.6 Å². The van der Waals surface area contributed by atoms with Crippen LogP contribution in [0.5, 0.6) is 17.2 Å². The van der Waals surface area contributed by atoms with E-state index in [1.807, 2.05) is 40.1 Å². The van der Waals surface area contributed by atoms with E-state index in [2.05, 4.69) is 4.90 Å². The van der Waals surface area contributed by atoms with Crippen LogP contribution in [0.1, 0.15) is 32.3 Å². The second kappa shape index (κ2) is 9.72. The van der Waals surface area contributed by atoms with Crippen LogP contribution >= 0.6 is 12.4 Å². The highest BCUT2D eigenvalue weighted by molar-refractivity contribution is 5.85. The molecular formula is C15H26ClNO3. The average Bonchev–Trinajstić information content (AvgIpc) is 2.36. The zero-order valence-electron chi connectivity index (χ0n) is 12.8. The van der Waals surface area contributed by atoms with E-state index in [9.17, 15) is 5.11 Å². The van der Waals surface area contributed by atoms with Crippen LogP contribution in [0.2, 0.25) is 0 Å². The molecule has 116 valence electrons. The molecule has 0 saturated heterocycles. The van der Waals surface area contributed by atoms with E-state index in [1.165, 1.54) is 0 Å². The molecular weight excluding hydrogens is 278 g/mol. The number of nitrogens with zero attached hydrogens (tertiary/aromatic N) is 1. The number of phenolic OH excluding ortho intramolecular Hbond substituents is 1. The second-order valence-electron chi connectivity index (χ2n) is 4.88. The van der Waals surface area contributed by atoms with Crippen molar-refractivity contribution in [2.24, 2.45) is 0 Å². The number of ether oxygens (including phenoxy) is 2. The number of hydrogen-bond donors (Lipinski definition) is 1. The molecule has 5 heteroatoms. The van der Waals surface area contributed by atoms with Gasteiger partial charge >= 0.3 is 0 Å². The second-order valence-corrected chi connectivity index (χ2v) is 4.88. The van der Waals surface area contributed by atoms with Crippen molar-refractivity contribution in [3.05, 3.63) is 17.7 Å². The summed E-state index contributed by atoms with van der Waals surface area (Å²) in [5.41, 5.74) is 1.07. The normalized spacial score (nSPS) is 10.2. The number of hydrogen-bond acceptors (Lipinski definition) is 4. The van der Waals surface area contributed by atoms with Gasteiger partial charge in [-0.3, -0.25) is 0 Å². The topological polar surface area (TPSA) is 41.9 Å². The Kier molecular flexibility index (Phi) is 9.17. The van der Waals surface area contributed by atoms with Gasteiger partial charge in [0.05, 0.1) is 13.2 Å². The molecule has 0 aromatic heterocycles. The van der Waals surface area contributed by atoms with Gasteiger partial charge in [-0.25, -0.2) is 0 Å². The van der Waals surface area contributed by atoms with E-state index in [0.29, 0.717) is 24.7 Å². The van der Waals surface area contributed by atoms with E-state index >= 15 is 0 Å². The van der Waals surface area contributed by atoms with Crippen LogP contribution in [0.3, 0.4) is 0 Å². The summed E-state index contributed by atoms with van der Waals surface area (Å²) >= 11 is 0. The maximum Gasteiger partial charge on any atom is 0.200 e. The first-order valence-corrected chi connectivity index (χ1v) is 6.84. The summed E-state index contributed by atoms with van der Waals surface area (Å²) in [4.78, 5) is 2.07. The third-order valence-corrected chi connectivity index (χ3v) is 2.52. The largest absolute Gasteiger partial charge is 0.502 e. The first-order valence-electron chi connectivity index (χ1n) is 6.84. The summed E-state index contributed by atoms with van der Waals surface area (Å²) in [7, 11) is 4.01. The monoisotopic (exact) mass is 303 g/mol. The first-order chi connectivity index (χ1) is 9.08. The van der Waals surface area contributed by atoms with Crippen LogP contribution in [0.15, 0.2) is 12.1 Å². The fraction of sp³-hybridized carbons (Fsp3) is 0.600. The molecule has 1 N–H and O–H groups in total. The highest BCUT2D eigenvalue weighted by Gasteiger charge is 2.13. The summed E-state index contributed by atoms with van der Waals surface area (Å²) in [5, 5.41) is 10.1. The number of halogens is 1. The van der Waals surface area contributed by atoms with Crippen molar-refractivity contribution < 1.29 is 14.6 Å². The van der Waals surface area contributed by atoms with Gasteiger partial charge in [0, 0.05) is 6.54 Å². The molecule has 0 heterocycles. The van der Waals surface area contributed by atoms with Gasteiger partial charge in [0.25, 0.3) is 0 Å². The molecule has 1 aromatic carbocycles. The predicted molar refractivity (Wildman–Crippen MR) is 84.3 cm³/mol. The summed E-state index contributed by atoms with van der Waals surface area (Å²) in [6, 6.07) is 3.76. The van der Waals surface area contributed by atoms with Gasteiger partial charge < -0.3 is 19.5 Å². The number of rotatable bonds is 8. The molecule has 0 aliphatic heterocycles. The smallest absolute Gasteiger partial charge is 0.200 e. The van der Waals surface area contributed by atoms with Gasteiger partial charge in [0.15, 0.2) is 11.5 Å². The zero-order valence-corrected chi connectivity index (χ0v) is 13.6. The van der Waals surface area contributed by atoms with Crippen LogP contribution in [-0.2, 0) is 6.54 Å². The lowest BCUT2D eigenvalue weighted by atomic mass is 10.1. The summed E-state index contributed by atoms with van der Waals surface area (Å²) in [6.45, 7) is 6.04. The molecule has 1 rings (SSSR count). The fourth-order valence-corrected chi connectivity index (χ4v) is 1.74. The molecule has 0 unspecified atom stereocenters. The Morgan fingerprint density at radius 3 is 1.80 bits per heavy atom. The zero-order chi connectivity index (χ0) is 14.3. The van der Waals surface area contributed by atoms with Crippen molar-refractivity contribution >= 4 is 12.4 Å². The third-order valence-electron chi connectivity index (χ3n) is 2.52. The van der Waals surface area contributed by atoms with Crippen LogP contribution < -0.4 is 9.47 Å². The van der Waals surface area contributed by atoms with E-state index in [0.717, 1.165) is 24.9 Å². The molecule has 0 aliphatic carbocycles.